The van der Waals surface area contributed by atoms with Gasteiger partial charge in [-0.15, -0.1) is 0 Å². The van der Waals surface area contributed by atoms with Crippen molar-refractivity contribution in [2.75, 3.05) is 32.6 Å². The van der Waals surface area contributed by atoms with E-state index in [0.29, 0.717) is 19.6 Å². The Morgan fingerprint density at radius 1 is 1.11 bits per heavy atom. The molecule has 0 spiro atoms. The van der Waals surface area contributed by atoms with Crippen LogP contribution >= 0.6 is 0 Å². The van der Waals surface area contributed by atoms with Crippen LogP contribution in [0.25, 0.3) is 22.4 Å². The van der Waals surface area contributed by atoms with Crippen molar-refractivity contribution in [2.24, 2.45) is 0 Å². The molecule has 144 valence electrons. The van der Waals surface area contributed by atoms with E-state index >= 15 is 0 Å². The van der Waals surface area contributed by atoms with Crippen LogP contribution in [0.15, 0.2) is 48.8 Å². The number of hydrogen-bond donors (Lipinski definition) is 1. The predicted octanol–water partition coefficient (Wildman–Crippen LogP) is 2.48. The van der Waals surface area contributed by atoms with Crippen LogP contribution in [0.2, 0.25) is 0 Å². The maximum atomic E-state index is 13.4. The zero-order valence-corrected chi connectivity index (χ0v) is 15.8. The zero-order valence-electron chi connectivity index (χ0n) is 15.8. The molecule has 0 saturated carbocycles. The number of hydrogen-bond acceptors (Lipinski definition) is 5. The Kier molecular flexibility index (Phi) is 4.79. The van der Waals surface area contributed by atoms with Gasteiger partial charge in [0.05, 0.1) is 25.2 Å². The second kappa shape index (κ2) is 7.40. The number of benzene rings is 1. The highest BCUT2D eigenvalue weighted by Crippen LogP contribution is 2.38. The lowest BCUT2D eigenvalue weighted by molar-refractivity contribution is -0.131. The highest BCUT2D eigenvalue weighted by Gasteiger charge is 2.27. The van der Waals surface area contributed by atoms with Crippen LogP contribution in [0.1, 0.15) is 0 Å². The Morgan fingerprint density at radius 3 is 2.50 bits per heavy atom. The van der Waals surface area contributed by atoms with Gasteiger partial charge >= 0.3 is 0 Å². The van der Waals surface area contributed by atoms with Gasteiger partial charge in [0.15, 0.2) is 5.82 Å². The van der Waals surface area contributed by atoms with Gasteiger partial charge in [-0.3, -0.25) is 20.2 Å². The van der Waals surface area contributed by atoms with E-state index in [-0.39, 0.29) is 11.7 Å². The zero-order chi connectivity index (χ0) is 19.7. The summed E-state index contributed by atoms with van der Waals surface area (Å²) in [5.41, 5.74) is 6.55. The maximum Gasteiger partial charge on any atom is 0.255 e. The minimum absolute atomic E-state index is 0.0125. The minimum atomic E-state index is -0.295. The van der Waals surface area contributed by atoms with Crippen molar-refractivity contribution in [2.45, 2.75) is 6.54 Å². The molecule has 3 heterocycles. The van der Waals surface area contributed by atoms with Gasteiger partial charge in [-0.1, -0.05) is 0 Å². The number of fused-ring (bicyclic) bond motifs is 1. The lowest BCUT2D eigenvalue weighted by Crippen LogP contribution is -2.46. The molecule has 2 aromatic heterocycles. The molecule has 0 unspecified atom stereocenters. The molecular formula is C20H21FN6O. The third-order valence-corrected chi connectivity index (χ3v) is 4.57. The summed E-state index contributed by atoms with van der Waals surface area (Å²) in [5, 5.41) is 6.37. The van der Waals surface area contributed by atoms with Crippen LogP contribution < -0.4 is 5.43 Å². The molecule has 28 heavy (non-hydrogen) atoms. The van der Waals surface area contributed by atoms with Crippen LogP contribution in [-0.2, 0) is 11.3 Å². The number of amides is 1. The summed E-state index contributed by atoms with van der Waals surface area (Å²) < 4.78 is 15.3. The fourth-order valence-corrected chi connectivity index (χ4v) is 3.26. The molecule has 4 rings (SSSR count). The van der Waals surface area contributed by atoms with Crippen LogP contribution in [0.5, 0.6) is 0 Å². The van der Waals surface area contributed by atoms with E-state index in [1.165, 1.54) is 12.1 Å². The normalized spacial score (nSPS) is 13.4. The number of nitrogens with one attached hydrogen (secondary N) is 1. The first-order valence-electron chi connectivity index (χ1n) is 9.02. The SMILES string of the molecule is CN(C)CC(=O)N1CCn2nc(-c3ccc(F)cc3)c(-c3ccncc3)c2N1. The molecule has 8 heteroatoms. The number of pyridine rings is 1. The van der Waals surface area contributed by atoms with E-state index in [0.717, 1.165) is 28.2 Å². The van der Waals surface area contributed by atoms with Gasteiger partial charge in [0, 0.05) is 18.0 Å². The monoisotopic (exact) mass is 380 g/mol. The van der Waals surface area contributed by atoms with E-state index in [4.69, 9.17) is 5.10 Å². The van der Waals surface area contributed by atoms with E-state index in [9.17, 15) is 9.18 Å². The molecule has 1 N–H and O–H groups in total. The fourth-order valence-electron chi connectivity index (χ4n) is 3.26. The number of halogens is 1. The third kappa shape index (κ3) is 3.46. The average molecular weight is 380 g/mol. The quantitative estimate of drug-likeness (QED) is 0.753. The molecule has 7 nitrogen and oxygen atoms in total. The second-order valence-electron chi connectivity index (χ2n) is 6.93. The van der Waals surface area contributed by atoms with Crippen LogP contribution in [0, 0.1) is 5.82 Å². The first-order valence-corrected chi connectivity index (χ1v) is 9.02. The van der Waals surface area contributed by atoms with Gasteiger partial charge in [-0.25, -0.2) is 9.07 Å². The Bertz CT molecular complexity index is 984. The minimum Gasteiger partial charge on any atom is -0.301 e. The van der Waals surface area contributed by atoms with Crippen molar-refractivity contribution in [1.29, 1.82) is 0 Å². The predicted molar refractivity (Wildman–Crippen MR) is 105 cm³/mol. The number of hydrazine groups is 1. The molecule has 0 bridgehead atoms. The van der Waals surface area contributed by atoms with Gasteiger partial charge < -0.3 is 4.90 Å². The molecule has 1 aliphatic rings. The van der Waals surface area contributed by atoms with Crippen LogP contribution in [0.4, 0.5) is 10.2 Å². The number of nitrogens with zero attached hydrogens (tertiary/aromatic N) is 5. The van der Waals surface area contributed by atoms with Crippen molar-refractivity contribution >= 4 is 11.7 Å². The number of rotatable bonds is 4. The third-order valence-electron chi connectivity index (χ3n) is 4.57. The summed E-state index contributed by atoms with van der Waals surface area (Å²) in [5.74, 6) is 0.433. The van der Waals surface area contributed by atoms with Gasteiger partial charge in [0.25, 0.3) is 5.91 Å². The van der Waals surface area contributed by atoms with Gasteiger partial charge in [-0.2, -0.15) is 5.10 Å². The molecular weight excluding hydrogens is 359 g/mol. The fraction of sp³-hybridized carbons (Fsp3) is 0.250. The van der Waals surface area contributed by atoms with E-state index in [1.807, 2.05) is 35.8 Å². The maximum absolute atomic E-state index is 13.4. The van der Waals surface area contributed by atoms with E-state index in [1.54, 1.807) is 29.5 Å². The summed E-state index contributed by atoms with van der Waals surface area (Å²) in [7, 11) is 3.72. The Hall–Kier alpha value is -3.26. The molecule has 3 aromatic rings. The number of carbonyl (C=O) groups excluding carboxylic acids is 1. The molecule has 0 atom stereocenters. The molecule has 0 aliphatic carbocycles. The molecule has 1 aliphatic heterocycles. The molecule has 0 saturated heterocycles. The summed E-state index contributed by atoms with van der Waals surface area (Å²) >= 11 is 0. The average Bonchev–Trinajstić information content (AvgIpc) is 3.07. The topological polar surface area (TPSA) is 66.3 Å². The summed E-state index contributed by atoms with van der Waals surface area (Å²) in [6.07, 6.45) is 3.43. The molecule has 0 fully saturated rings. The van der Waals surface area contributed by atoms with Crippen LogP contribution in [0.3, 0.4) is 0 Å². The number of carbonyl (C=O) groups is 1. The van der Waals surface area contributed by atoms with Crippen molar-refractivity contribution in [3.05, 3.63) is 54.6 Å². The highest BCUT2D eigenvalue weighted by molar-refractivity contribution is 5.90. The Morgan fingerprint density at radius 2 is 1.82 bits per heavy atom. The smallest absolute Gasteiger partial charge is 0.255 e. The standard InChI is InChI=1S/C20H21FN6O/c1-25(2)13-17(28)26-11-12-27-20(24-26)18(14-7-9-22-10-8-14)19(23-27)15-3-5-16(21)6-4-15/h3-10,24H,11-13H2,1-2H3. The van der Waals surface area contributed by atoms with Gasteiger partial charge in [0.2, 0.25) is 0 Å². The highest BCUT2D eigenvalue weighted by atomic mass is 19.1. The lowest BCUT2D eigenvalue weighted by atomic mass is 10.0. The van der Waals surface area contributed by atoms with E-state index in [2.05, 4.69) is 10.4 Å². The van der Waals surface area contributed by atoms with E-state index < -0.39 is 0 Å². The second-order valence-corrected chi connectivity index (χ2v) is 6.93. The number of aromatic nitrogens is 3. The van der Waals surface area contributed by atoms with Gasteiger partial charge in [-0.05, 0) is 56.1 Å². The van der Waals surface area contributed by atoms with Crippen molar-refractivity contribution < 1.29 is 9.18 Å². The first-order chi connectivity index (χ1) is 13.5. The Balaban J connectivity index is 1.79. The first kappa shape index (κ1) is 18.1. The van der Waals surface area contributed by atoms with Crippen molar-refractivity contribution in [3.8, 4) is 22.4 Å². The summed E-state index contributed by atoms with van der Waals surface area (Å²) in [4.78, 5) is 18.4. The van der Waals surface area contributed by atoms with Crippen LogP contribution in [-0.4, -0.2) is 57.8 Å². The van der Waals surface area contributed by atoms with Crippen molar-refractivity contribution in [3.63, 3.8) is 0 Å². The number of anilines is 1. The number of likely N-dealkylation sites (N-methyl/N-ethyl adjacent to an activating group) is 1. The molecule has 1 aromatic carbocycles. The molecule has 0 radical (unpaired) electrons. The van der Waals surface area contributed by atoms with Crippen molar-refractivity contribution in [1.82, 2.24) is 24.7 Å². The van der Waals surface area contributed by atoms with Gasteiger partial charge in [0.1, 0.15) is 11.5 Å². The lowest BCUT2D eigenvalue weighted by Gasteiger charge is -2.30. The summed E-state index contributed by atoms with van der Waals surface area (Å²) in [6, 6.07) is 10.1. The largest absolute Gasteiger partial charge is 0.301 e. The Labute approximate surface area is 162 Å². The summed E-state index contributed by atoms with van der Waals surface area (Å²) in [6.45, 7) is 1.40. The molecule has 1 amide bonds.